The highest BCUT2D eigenvalue weighted by molar-refractivity contribution is 6.31. The van der Waals surface area contributed by atoms with E-state index in [1.165, 1.54) is 0 Å². The Hall–Kier alpha value is -1.30. The molecule has 3 N–H and O–H groups in total. The molecule has 5 nitrogen and oxygen atoms in total. The van der Waals surface area contributed by atoms with E-state index in [0.29, 0.717) is 29.0 Å². The Labute approximate surface area is 124 Å². The summed E-state index contributed by atoms with van der Waals surface area (Å²) in [6.45, 7) is 5.32. The molecular formula is C14H21ClN4O. The van der Waals surface area contributed by atoms with Gasteiger partial charge in [-0.05, 0) is 32.2 Å². The molecule has 2 rings (SSSR count). The van der Waals surface area contributed by atoms with Gasteiger partial charge in [-0.15, -0.1) is 0 Å². The summed E-state index contributed by atoms with van der Waals surface area (Å²) in [5.41, 5.74) is 6.91. The van der Waals surface area contributed by atoms with Gasteiger partial charge in [0.15, 0.2) is 0 Å². The van der Waals surface area contributed by atoms with Crippen LogP contribution in [0.25, 0.3) is 0 Å². The standard InChI is InChI=1S/C14H21ClN4O/c1-10-8-19(6-5-18(10)2)9-14(20)17-13-7-11(15)3-4-12(13)16/h3-4,7,10H,5-6,8-9,16H2,1-2H3,(H,17,20). The third-order valence-corrected chi connectivity index (χ3v) is 3.94. The van der Waals surface area contributed by atoms with Crippen LogP contribution in [0.5, 0.6) is 0 Å². The van der Waals surface area contributed by atoms with Crippen LogP contribution >= 0.6 is 11.6 Å². The Bertz CT molecular complexity index is 494. The average Bonchev–Trinajstić information content (AvgIpc) is 2.38. The highest BCUT2D eigenvalue weighted by Gasteiger charge is 2.22. The van der Waals surface area contributed by atoms with Crippen LogP contribution in [0, 0.1) is 0 Å². The lowest BCUT2D eigenvalue weighted by atomic mass is 10.2. The van der Waals surface area contributed by atoms with Gasteiger partial charge in [-0.25, -0.2) is 0 Å². The van der Waals surface area contributed by atoms with Gasteiger partial charge in [0.05, 0.1) is 17.9 Å². The molecule has 1 unspecified atom stereocenters. The lowest BCUT2D eigenvalue weighted by Crippen LogP contribution is -2.51. The van der Waals surface area contributed by atoms with Crippen LogP contribution < -0.4 is 11.1 Å². The lowest BCUT2D eigenvalue weighted by Gasteiger charge is -2.37. The maximum absolute atomic E-state index is 12.1. The zero-order chi connectivity index (χ0) is 14.7. The Morgan fingerprint density at radius 2 is 2.25 bits per heavy atom. The summed E-state index contributed by atoms with van der Waals surface area (Å²) < 4.78 is 0. The molecule has 1 fully saturated rings. The fraction of sp³-hybridized carbons (Fsp3) is 0.500. The summed E-state index contributed by atoms with van der Waals surface area (Å²) in [7, 11) is 2.11. The summed E-state index contributed by atoms with van der Waals surface area (Å²) in [6.07, 6.45) is 0. The minimum Gasteiger partial charge on any atom is -0.397 e. The lowest BCUT2D eigenvalue weighted by molar-refractivity contribution is -0.117. The molecular weight excluding hydrogens is 276 g/mol. The number of halogens is 1. The van der Waals surface area contributed by atoms with Crippen LogP contribution in [0.4, 0.5) is 11.4 Å². The summed E-state index contributed by atoms with van der Waals surface area (Å²) in [4.78, 5) is 16.5. The van der Waals surface area contributed by atoms with Crippen LogP contribution in [0.15, 0.2) is 18.2 Å². The summed E-state index contributed by atoms with van der Waals surface area (Å²) in [5, 5.41) is 3.38. The smallest absolute Gasteiger partial charge is 0.238 e. The van der Waals surface area contributed by atoms with E-state index in [4.69, 9.17) is 17.3 Å². The van der Waals surface area contributed by atoms with Crippen LogP contribution in [0.2, 0.25) is 5.02 Å². The molecule has 1 atom stereocenters. The maximum Gasteiger partial charge on any atom is 0.238 e. The van der Waals surface area contributed by atoms with Gasteiger partial charge in [-0.1, -0.05) is 11.6 Å². The first-order valence-corrected chi connectivity index (χ1v) is 7.11. The number of rotatable bonds is 3. The van der Waals surface area contributed by atoms with Gasteiger partial charge in [0.25, 0.3) is 0 Å². The number of nitrogens with zero attached hydrogens (tertiary/aromatic N) is 2. The van der Waals surface area contributed by atoms with E-state index in [1.54, 1.807) is 18.2 Å². The maximum atomic E-state index is 12.1. The zero-order valence-corrected chi connectivity index (χ0v) is 12.7. The molecule has 20 heavy (non-hydrogen) atoms. The minimum atomic E-state index is -0.0595. The normalized spacial score (nSPS) is 20.9. The third kappa shape index (κ3) is 3.85. The zero-order valence-electron chi connectivity index (χ0n) is 11.9. The molecule has 0 bridgehead atoms. The topological polar surface area (TPSA) is 61.6 Å². The van der Waals surface area contributed by atoms with E-state index in [9.17, 15) is 4.79 Å². The fourth-order valence-electron chi connectivity index (χ4n) is 2.30. The number of anilines is 2. The predicted octanol–water partition coefficient (Wildman–Crippen LogP) is 1.50. The van der Waals surface area contributed by atoms with Crippen molar-refractivity contribution < 1.29 is 4.79 Å². The highest BCUT2D eigenvalue weighted by Crippen LogP contribution is 2.22. The van der Waals surface area contributed by atoms with Crippen LogP contribution in [-0.2, 0) is 4.79 Å². The van der Waals surface area contributed by atoms with E-state index in [2.05, 4.69) is 29.1 Å². The van der Waals surface area contributed by atoms with Gasteiger partial charge < -0.3 is 16.0 Å². The van der Waals surface area contributed by atoms with E-state index < -0.39 is 0 Å². The molecule has 0 radical (unpaired) electrons. The number of amides is 1. The predicted molar refractivity (Wildman–Crippen MR) is 83.0 cm³/mol. The van der Waals surface area contributed by atoms with Crippen molar-refractivity contribution in [1.29, 1.82) is 0 Å². The monoisotopic (exact) mass is 296 g/mol. The Morgan fingerprint density at radius 3 is 2.95 bits per heavy atom. The number of likely N-dealkylation sites (N-methyl/N-ethyl adjacent to an activating group) is 1. The van der Waals surface area contributed by atoms with Gasteiger partial charge in [0, 0.05) is 30.7 Å². The van der Waals surface area contributed by atoms with Gasteiger partial charge in [-0.3, -0.25) is 9.69 Å². The molecule has 1 heterocycles. The molecule has 1 amide bonds. The quantitative estimate of drug-likeness (QED) is 0.830. The van der Waals surface area contributed by atoms with Gasteiger partial charge in [0.2, 0.25) is 5.91 Å². The second-order valence-corrected chi connectivity index (χ2v) is 5.78. The number of nitrogens with two attached hydrogens (primary N) is 1. The molecule has 1 aliphatic heterocycles. The van der Waals surface area contributed by atoms with Crippen LogP contribution in [-0.4, -0.2) is 55.0 Å². The molecule has 0 saturated carbocycles. The number of benzene rings is 1. The Kier molecular flexibility index (Phi) is 4.86. The van der Waals surface area contributed by atoms with Crippen molar-refractivity contribution in [2.45, 2.75) is 13.0 Å². The average molecular weight is 297 g/mol. The number of piperazine rings is 1. The molecule has 110 valence electrons. The number of carbonyl (C=O) groups is 1. The summed E-state index contributed by atoms with van der Waals surface area (Å²) in [6, 6.07) is 5.53. The second-order valence-electron chi connectivity index (χ2n) is 5.34. The van der Waals surface area contributed by atoms with E-state index in [-0.39, 0.29) is 5.91 Å². The largest absolute Gasteiger partial charge is 0.397 e. The minimum absolute atomic E-state index is 0.0595. The van der Waals surface area contributed by atoms with Crippen LogP contribution in [0.3, 0.4) is 0 Å². The molecule has 0 aromatic heterocycles. The number of hydrogen-bond donors (Lipinski definition) is 2. The summed E-state index contributed by atoms with van der Waals surface area (Å²) >= 11 is 5.90. The number of carbonyl (C=O) groups excluding carboxylic acids is 1. The highest BCUT2D eigenvalue weighted by atomic mass is 35.5. The van der Waals surface area contributed by atoms with Crippen molar-refractivity contribution in [3.8, 4) is 0 Å². The molecule has 1 aromatic carbocycles. The van der Waals surface area contributed by atoms with Crippen molar-refractivity contribution >= 4 is 28.9 Å². The van der Waals surface area contributed by atoms with E-state index in [0.717, 1.165) is 19.6 Å². The molecule has 1 aliphatic rings. The first kappa shape index (κ1) is 15.1. The first-order valence-electron chi connectivity index (χ1n) is 6.73. The number of nitrogens with one attached hydrogen (secondary N) is 1. The molecule has 0 spiro atoms. The summed E-state index contributed by atoms with van der Waals surface area (Å²) in [5.74, 6) is -0.0595. The van der Waals surface area contributed by atoms with Crippen molar-refractivity contribution in [2.75, 3.05) is 44.3 Å². The van der Waals surface area contributed by atoms with Gasteiger partial charge in [-0.2, -0.15) is 0 Å². The first-order chi connectivity index (χ1) is 9.45. The number of hydrogen-bond acceptors (Lipinski definition) is 4. The van der Waals surface area contributed by atoms with Crippen molar-refractivity contribution in [2.24, 2.45) is 0 Å². The third-order valence-electron chi connectivity index (χ3n) is 3.70. The molecule has 1 aromatic rings. The fourth-order valence-corrected chi connectivity index (χ4v) is 2.47. The Balaban J connectivity index is 1.91. The van der Waals surface area contributed by atoms with Gasteiger partial charge >= 0.3 is 0 Å². The van der Waals surface area contributed by atoms with Crippen molar-refractivity contribution in [3.63, 3.8) is 0 Å². The van der Waals surface area contributed by atoms with E-state index >= 15 is 0 Å². The van der Waals surface area contributed by atoms with Crippen LogP contribution in [0.1, 0.15) is 6.92 Å². The van der Waals surface area contributed by atoms with Crippen molar-refractivity contribution in [3.05, 3.63) is 23.2 Å². The molecule has 6 heteroatoms. The number of nitrogen functional groups attached to an aromatic ring is 1. The van der Waals surface area contributed by atoms with Gasteiger partial charge in [0.1, 0.15) is 0 Å². The molecule has 0 aliphatic carbocycles. The SMILES string of the molecule is CC1CN(CC(=O)Nc2cc(Cl)ccc2N)CCN1C. The van der Waals surface area contributed by atoms with E-state index in [1.807, 2.05) is 0 Å². The Morgan fingerprint density at radius 1 is 1.50 bits per heavy atom. The van der Waals surface area contributed by atoms with Crippen molar-refractivity contribution in [1.82, 2.24) is 9.80 Å². The second kappa shape index (κ2) is 6.43. The molecule has 1 saturated heterocycles.